The molecule has 1 aliphatic rings. The van der Waals surface area contributed by atoms with Gasteiger partial charge in [0.1, 0.15) is 5.82 Å². The summed E-state index contributed by atoms with van der Waals surface area (Å²) < 4.78 is 14.2. The van der Waals surface area contributed by atoms with E-state index in [1.54, 1.807) is 6.07 Å². The van der Waals surface area contributed by atoms with Gasteiger partial charge in [0.05, 0.1) is 5.69 Å². The number of benzene rings is 1. The van der Waals surface area contributed by atoms with E-state index in [9.17, 15) is 4.39 Å². The van der Waals surface area contributed by atoms with Crippen LogP contribution in [0.2, 0.25) is 0 Å². The normalized spacial score (nSPS) is 18.3. The minimum Gasteiger partial charge on any atom is -0.369 e. The van der Waals surface area contributed by atoms with E-state index < -0.39 is 0 Å². The fourth-order valence-corrected chi connectivity index (χ4v) is 3.00. The Morgan fingerprint density at radius 2 is 2.00 bits per heavy atom. The molecule has 0 saturated heterocycles. The highest BCUT2D eigenvalue weighted by Crippen LogP contribution is 2.28. The molecule has 0 aliphatic heterocycles. The lowest BCUT2D eigenvalue weighted by molar-refractivity contribution is 0.424. The molecule has 19 heavy (non-hydrogen) atoms. The summed E-state index contributed by atoms with van der Waals surface area (Å²) in [5.41, 5.74) is 7.46. The van der Waals surface area contributed by atoms with E-state index in [1.807, 2.05) is 26.1 Å². The van der Waals surface area contributed by atoms with Crippen molar-refractivity contribution in [3.8, 4) is 0 Å². The third-order valence-electron chi connectivity index (χ3n) is 4.07. The highest BCUT2D eigenvalue weighted by Gasteiger charge is 2.20. The van der Waals surface area contributed by atoms with Gasteiger partial charge in [-0.25, -0.2) is 4.39 Å². The molecule has 1 aliphatic carbocycles. The molecule has 1 atom stereocenters. The number of anilines is 1. The number of hydrogen-bond acceptors (Lipinski definition) is 2. The lowest BCUT2D eigenvalue weighted by atomic mass is 9.94. The van der Waals surface area contributed by atoms with Crippen LogP contribution in [0.25, 0.3) is 0 Å². The quantitative estimate of drug-likeness (QED) is 0.902. The van der Waals surface area contributed by atoms with Gasteiger partial charge in [-0.1, -0.05) is 25.3 Å². The van der Waals surface area contributed by atoms with Gasteiger partial charge in [-0.2, -0.15) is 0 Å². The monoisotopic (exact) mass is 264 g/mol. The molecule has 1 unspecified atom stereocenters. The summed E-state index contributed by atoms with van der Waals surface area (Å²) in [5.74, 6) is -0.119. The first kappa shape index (κ1) is 14.3. The molecule has 0 spiro atoms. The van der Waals surface area contributed by atoms with Crippen LogP contribution in [0.3, 0.4) is 0 Å². The van der Waals surface area contributed by atoms with Crippen LogP contribution in [-0.2, 0) is 6.42 Å². The molecule has 2 rings (SSSR count). The molecule has 1 saturated carbocycles. The van der Waals surface area contributed by atoms with Gasteiger partial charge in [0, 0.05) is 19.1 Å². The fraction of sp³-hybridized carbons (Fsp3) is 0.625. The standard InChI is InChI=1S/C16H25FN2/c1-12(18)10-13-8-9-16(15(17)11-13)19(2)14-6-4-3-5-7-14/h8-9,11-12,14H,3-7,10,18H2,1-2H3. The number of nitrogens with two attached hydrogens (primary N) is 1. The molecule has 1 fully saturated rings. The smallest absolute Gasteiger partial charge is 0.146 e. The predicted octanol–water partition coefficient (Wildman–Crippen LogP) is 3.48. The van der Waals surface area contributed by atoms with Crippen molar-refractivity contribution < 1.29 is 4.39 Å². The Morgan fingerprint density at radius 1 is 1.32 bits per heavy atom. The van der Waals surface area contributed by atoms with Crippen molar-refractivity contribution in [2.45, 2.75) is 57.5 Å². The van der Waals surface area contributed by atoms with Crippen LogP contribution in [0.15, 0.2) is 18.2 Å². The van der Waals surface area contributed by atoms with Crippen LogP contribution in [0.5, 0.6) is 0 Å². The Bertz CT molecular complexity index is 411. The van der Waals surface area contributed by atoms with Crippen molar-refractivity contribution in [1.29, 1.82) is 0 Å². The van der Waals surface area contributed by atoms with Gasteiger partial charge in [0.2, 0.25) is 0 Å². The van der Waals surface area contributed by atoms with Gasteiger partial charge in [0.25, 0.3) is 0 Å². The summed E-state index contributed by atoms with van der Waals surface area (Å²) in [6, 6.07) is 6.10. The van der Waals surface area contributed by atoms with Crippen LogP contribution >= 0.6 is 0 Å². The highest BCUT2D eigenvalue weighted by molar-refractivity contribution is 5.49. The second-order valence-corrected chi connectivity index (χ2v) is 5.87. The first-order valence-corrected chi connectivity index (χ1v) is 7.35. The summed E-state index contributed by atoms with van der Waals surface area (Å²) in [6.45, 7) is 1.94. The average Bonchev–Trinajstić information content (AvgIpc) is 2.38. The molecule has 0 heterocycles. The maximum Gasteiger partial charge on any atom is 0.146 e. The lowest BCUT2D eigenvalue weighted by Gasteiger charge is -2.33. The SMILES string of the molecule is CC(N)Cc1ccc(N(C)C2CCCCC2)c(F)c1. The van der Waals surface area contributed by atoms with Crippen LogP contribution in [0, 0.1) is 5.82 Å². The van der Waals surface area contributed by atoms with Gasteiger partial charge >= 0.3 is 0 Å². The zero-order valence-electron chi connectivity index (χ0n) is 12.0. The molecule has 0 radical (unpaired) electrons. The molecule has 0 bridgehead atoms. The zero-order valence-corrected chi connectivity index (χ0v) is 12.0. The van der Waals surface area contributed by atoms with Gasteiger partial charge in [-0.15, -0.1) is 0 Å². The molecule has 1 aromatic carbocycles. The summed E-state index contributed by atoms with van der Waals surface area (Å²) in [5, 5.41) is 0. The Balaban J connectivity index is 2.10. The van der Waals surface area contributed by atoms with Crippen LogP contribution in [0.1, 0.15) is 44.6 Å². The maximum absolute atomic E-state index is 14.2. The van der Waals surface area contributed by atoms with E-state index in [1.165, 1.54) is 32.1 Å². The van der Waals surface area contributed by atoms with E-state index in [4.69, 9.17) is 5.73 Å². The number of hydrogen-bond donors (Lipinski definition) is 1. The summed E-state index contributed by atoms with van der Waals surface area (Å²) in [6.07, 6.45) is 6.93. The first-order chi connectivity index (χ1) is 9.08. The highest BCUT2D eigenvalue weighted by atomic mass is 19.1. The molecule has 2 N–H and O–H groups in total. The van der Waals surface area contributed by atoms with Gasteiger partial charge < -0.3 is 10.6 Å². The van der Waals surface area contributed by atoms with Crippen molar-refractivity contribution in [2.75, 3.05) is 11.9 Å². The molecule has 0 amide bonds. The third kappa shape index (κ3) is 3.69. The van der Waals surface area contributed by atoms with Gasteiger partial charge in [-0.3, -0.25) is 0 Å². The maximum atomic E-state index is 14.2. The fourth-order valence-electron chi connectivity index (χ4n) is 3.00. The average molecular weight is 264 g/mol. The topological polar surface area (TPSA) is 29.3 Å². The molecule has 3 heteroatoms. The van der Waals surface area contributed by atoms with E-state index >= 15 is 0 Å². The molecule has 0 aromatic heterocycles. The van der Waals surface area contributed by atoms with E-state index in [0.717, 1.165) is 17.7 Å². The molecule has 2 nitrogen and oxygen atoms in total. The zero-order chi connectivity index (χ0) is 13.8. The van der Waals surface area contributed by atoms with Crippen molar-refractivity contribution in [2.24, 2.45) is 5.73 Å². The summed E-state index contributed by atoms with van der Waals surface area (Å²) in [4.78, 5) is 2.12. The molecular weight excluding hydrogens is 239 g/mol. The summed E-state index contributed by atoms with van der Waals surface area (Å²) in [7, 11) is 2.01. The Morgan fingerprint density at radius 3 is 2.58 bits per heavy atom. The number of nitrogens with zero attached hydrogens (tertiary/aromatic N) is 1. The van der Waals surface area contributed by atoms with Crippen LogP contribution in [0.4, 0.5) is 10.1 Å². The van der Waals surface area contributed by atoms with Crippen LogP contribution in [-0.4, -0.2) is 19.1 Å². The Hall–Kier alpha value is -1.09. The van der Waals surface area contributed by atoms with E-state index in [-0.39, 0.29) is 11.9 Å². The number of halogens is 1. The van der Waals surface area contributed by atoms with Crippen molar-refractivity contribution >= 4 is 5.69 Å². The first-order valence-electron chi connectivity index (χ1n) is 7.35. The summed E-state index contributed by atoms with van der Waals surface area (Å²) >= 11 is 0. The third-order valence-corrected chi connectivity index (χ3v) is 4.07. The lowest BCUT2D eigenvalue weighted by Crippen LogP contribution is -2.33. The van der Waals surface area contributed by atoms with Crippen molar-refractivity contribution in [1.82, 2.24) is 0 Å². The minimum atomic E-state index is -0.119. The minimum absolute atomic E-state index is 0.0707. The molecule has 1 aromatic rings. The van der Waals surface area contributed by atoms with Gasteiger partial charge in [0.15, 0.2) is 0 Å². The van der Waals surface area contributed by atoms with Gasteiger partial charge in [-0.05, 0) is 43.9 Å². The predicted molar refractivity (Wildman–Crippen MR) is 79.0 cm³/mol. The second kappa shape index (κ2) is 6.38. The number of rotatable bonds is 4. The second-order valence-electron chi connectivity index (χ2n) is 5.87. The van der Waals surface area contributed by atoms with Crippen molar-refractivity contribution in [3.05, 3.63) is 29.6 Å². The largest absolute Gasteiger partial charge is 0.369 e. The van der Waals surface area contributed by atoms with Crippen LogP contribution < -0.4 is 10.6 Å². The van der Waals surface area contributed by atoms with E-state index in [0.29, 0.717) is 6.04 Å². The molecule has 106 valence electrons. The molecular formula is C16H25FN2. The van der Waals surface area contributed by atoms with Crippen molar-refractivity contribution in [3.63, 3.8) is 0 Å². The Kier molecular flexibility index (Phi) is 4.81. The Labute approximate surface area is 115 Å². The van der Waals surface area contributed by atoms with E-state index in [2.05, 4.69) is 4.90 Å².